The van der Waals surface area contributed by atoms with Gasteiger partial charge in [0, 0.05) is 50.6 Å². The number of rotatable bonds is 5. The summed E-state index contributed by atoms with van der Waals surface area (Å²) in [6.07, 6.45) is 3.84. The second-order valence-corrected chi connectivity index (χ2v) is 7.89. The molecule has 2 fully saturated rings. The van der Waals surface area contributed by atoms with Gasteiger partial charge in [0.1, 0.15) is 5.75 Å². The maximum absolute atomic E-state index is 12.5. The van der Waals surface area contributed by atoms with Crippen molar-refractivity contribution >= 4 is 23.0 Å². The van der Waals surface area contributed by atoms with Crippen molar-refractivity contribution in [2.75, 3.05) is 60.9 Å². The van der Waals surface area contributed by atoms with Crippen LogP contribution >= 0.6 is 0 Å². The van der Waals surface area contributed by atoms with E-state index in [2.05, 4.69) is 32.1 Å². The van der Waals surface area contributed by atoms with Gasteiger partial charge in [-0.3, -0.25) is 9.69 Å². The third kappa shape index (κ3) is 5.01. The van der Waals surface area contributed by atoms with E-state index in [9.17, 15) is 9.90 Å². The molecule has 0 radical (unpaired) electrons. The number of para-hydroxylation sites is 2. The maximum atomic E-state index is 12.5. The Kier molecular flexibility index (Phi) is 6.20. The van der Waals surface area contributed by atoms with Crippen molar-refractivity contribution in [3.63, 3.8) is 0 Å². The monoisotopic (exact) mass is 394 g/mol. The fraction of sp³-hybridized carbons (Fsp3) is 0.435. The summed E-state index contributed by atoms with van der Waals surface area (Å²) in [5, 5.41) is 13.0. The molecule has 154 valence electrons. The number of phenols is 1. The highest BCUT2D eigenvalue weighted by atomic mass is 16.3. The van der Waals surface area contributed by atoms with Crippen LogP contribution in [0.2, 0.25) is 0 Å². The summed E-state index contributed by atoms with van der Waals surface area (Å²) >= 11 is 0. The summed E-state index contributed by atoms with van der Waals surface area (Å²) in [4.78, 5) is 19.2. The van der Waals surface area contributed by atoms with E-state index in [0.29, 0.717) is 12.3 Å². The smallest absolute Gasteiger partial charge is 0.238 e. The number of nitrogens with zero attached hydrogens (tertiary/aromatic N) is 3. The fourth-order valence-corrected chi connectivity index (χ4v) is 4.19. The zero-order valence-corrected chi connectivity index (χ0v) is 16.9. The van der Waals surface area contributed by atoms with Gasteiger partial charge in [-0.2, -0.15) is 0 Å². The molecule has 2 heterocycles. The molecule has 6 heteroatoms. The van der Waals surface area contributed by atoms with Gasteiger partial charge >= 0.3 is 0 Å². The largest absolute Gasteiger partial charge is 0.506 e. The highest BCUT2D eigenvalue weighted by Crippen LogP contribution is 2.27. The van der Waals surface area contributed by atoms with Crippen molar-refractivity contribution in [1.29, 1.82) is 0 Å². The zero-order valence-electron chi connectivity index (χ0n) is 16.9. The minimum atomic E-state index is 0.0201. The van der Waals surface area contributed by atoms with Crippen molar-refractivity contribution in [2.24, 2.45) is 0 Å². The quantitative estimate of drug-likeness (QED) is 0.816. The van der Waals surface area contributed by atoms with Gasteiger partial charge in [-0.25, -0.2) is 0 Å². The second-order valence-electron chi connectivity index (χ2n) is 7.89. The van der Waals surface area contributed by atoms with Crippen LogP contribution in [0, 0.1) is 0 Å². The number of phenolic OH excluding ortho intramolecular Hbond substituents is 1. The van der Waals surface area contributed by atoms with Crippen LogP contribution in [-0.2, 0) is 4.79 Å². The minimum absolute atomic E-state index is 0.0201. The number of hydrogen-bond acceptors (Lipinski definition) is 5. The predicted molar refractivity (Wildman–Crippen MR) is 118 cm³/mol. The lowest BCUT2D eigenvalue weighted by molar-refractivity contribution is -0.117. The molecule has 0 saturated carbocycles. The van der Waals surface area contributed by atoms with Crippen LogP contribution < -0.4 is 15.1 Å². The van der Waals surface area contributed by atoms with E-state index >= 15 is 0 Å². The molecular weight excluding hydrogens is 364 g/mol. The van der Waals surface area contributed by atoms with Crippen LogP contribution in [0.4, 0.5) is 17.1 Å². The van der Waals surface area contributed by atoms with Crippen LogP contribution in [0.25, 0.3) is 0 Å². The topological polar surface area (TPSA) is 59.1 Å². The van der Waals surface area contributed by atoms with Crippen molar-refractivity contribution in [1.82, 2.24) is 4.90 Å². The SMILES string of the molecule is O=C(CN1CCN(c2ccccc2O)CC1)Nc1ccc(N2CCCCC2)cc1. The fourth-order valence-electron chi connectivity index (χ4n) is 4.19. The molecule has 0 unspecified atom stereocenters. The lowest BCUT2D eigenvalue weighted by Crippen LogP contribution is -2.48. The first-order valence-electron chi connectivity index (χ1n) is 10.6. The van der Waals surface area contributed by atoms with Gasteiger partial charge in [-0.1, -0.05) is 12.1 Å². The lowest BCUT2D eigenvalue weighted by Gasteiger charge is -2.35. The standard InChI is InChI=1S/C23H30N4O2/c28-22-7-3-2-6-21(22)27-16-14-25(15-17-27)18-23(29)24-19-8-10-20(11-9-19)26-12-4-1-5-13-26/h2-3,6-11,28H,1,4-5,12-18H2,(H,24,29). The first kappa shape index (κ1) is 19.6. The van der Waals surface area contributed by atoms with Crippen LogP contribution in [0.15, 0.2) is 48.5 Å². The van der Waals surface area contributed by atoms with E-state index < -0.39 is 0 Å². The number of hydrogen-bond donors (Lipinski definition) is 2. The average Bonchev–Trinajstić information content (AvgIpc) is 2.76. The van der Waals surface area contributed by atoms with Gasteiger partial charge < -0.3 is 20.2 Å². The number of piperidine rings is 1. The summed E-state index contributed by atoms with van der Waals surface area (Å²) in [5.41, 5.74) is 2.96. The Balaban J connectivity index is 1.24. The van der Waals surface area contributed by atoms with Gasteiger partial charge in [-0.15, -0.1) is 0 Å². The van der Waals surface area contributed by atoms with Crippen LogP contribution in [0.5, 0.6) is 5.75 Å². The van der Waals surface area contributed by atoms with Gasteiger partial charge in [0.15, 0.2) is 0 Å². The first-order valence-corrected chi connectivity index (χ1v) is 10.6. The molecule has 1 amide bonds. The molecule has 2 aliphatic heterocycles. The maximum Gasteiger partial charge on any atom is 0.238 e. The summed E-state index contributed by atoms with van der Waals surface area (Å²) in [5.74, 6) is 0.332. The Bertz CT molecular complexity index is 810. The molecule has 0 aromatic heterocycles. The van der Waals surface area contributed by atoms with Gasteiger partial charge in [0.2, 0.25) is 5.91 Å². The molecule has 2 aromatic rings. The van der Waals surface area contributed by atoms with Crippen molar-refractivity contribution in [2.45, 2.75) is 19.3 Å². The third-order valence-corrected chi connectivity index (χ3v) is 5.83. The summed E-state index contributed by atoms with van der Waals surface area (Å²) in [7, 11) is 0. The molecule has 0 spiro atoms. The number of aromatic hydroxyl groups is 1. The molecule has 6 nitrogen and oxygen atoms in total. The van der Waals surface area contributed by atoms with Crippen molar-refractivity contribution in [3.8, 4) is 5.75 Å². The lowest BCUT2D eigenvalue weighted by atomic mass is 10.1. The number of carbonyl (C=O) groups excluding carboxylic acids is 1. The molecule has 2 N–H and O–H groups in total. The second kappa shape index (κ2) is 9.18. The Morgan fingerprint density at radius 2 is 1.52 bits per heavy atom. The van der Waals surface area contributed by atoms with Crippen LogP contribution in [-0.4, -0.2) is 61.7 Å². The molecule has 0 aliphatic carbocycles. The molecule has 4 rings (SSSR count). The highest BCUT2D eigenvalue weighted by molar-refractivity contribution is 5.92. The number of anilines is 3. The number of nitrogens with one attached hydrogen (secondary N) is 1. The van der Waals surface area contributed by atoms with Gasteiger partial charge in [0.25, 0.3) is 0 Å². The van der Waals surface area contributed by atoms with Gasteiger partial charge in [-0.05, 0) is 55.7 Å². The minimum Gasteiger partial charge on any atom is -0.506 e. The normalized spacial score (nSPS) is 17.9. The van der Waals surface area contributed by atoms with E-state index in [1.165, 1.54) is 24.9 Å². The first-order chi connectivity index (χ1) is 14.2. The third-order valence-electron chi connectivity index (χ3n) is 5.83. The number of amides is 1. The molecule has 0 bridgehead atoms. The zero-order chi connectivity index (χ0) is 20.1. The molecule has 2 aliphatic rings. The van der Waals surface area contributed by atoms with Crippen LogP contribution in [0.3, 0.4) is 0 Å². The molecule has 2 aromatic carbocycles. The number of benzene rings is 2. The Labute approximate surface area is 172 Å². The molecule has 0 atom stereocenters. The molecule has 2 saturated heterocycles. The summed E-state index contributed by atoms with van der Waals surface area (Å²) in [6.45, 7) is 5.84. The van der Waals surface area contributed by atoms with E-state index in [4.69, 9.17) is 0 Å². The highest BCUT2D eigenvalue weighted by Gasteiger charge is 2.20. The van der Waals surface area contributed by atoms with Crippen molar-refractivity contribution in [3.05, 3.63) is 48.5 Å². The molecule has 29 heavy (non-hydrogen) atoms. The summed E-state index contributed by atoms with van der Waals surface area (Å²) in [6, 6.07) is 15.6. The Morgan fingerprint density at radius 3 is 2.21 bits per heavy atom. The van der Waals surface area contributed by atoms with Crippen molar-refractivity contribution < 1.29 is 9.90 Å². The number of piperazine rings is 1. The molecular formula is C23H30N4O2. The predicted octanol–water partition coefficient (Wildman–Crippen LogP) is 3.14. The Morgan fingerprint density at radius 1 is 0.828 bits per heavy atom. The average molecular weight is 395 g/mol. The van der Waals surface area contributed by atoms with E-state index in [0.717, 1.165) is 50.6 Å². The van der Waals surface area contributed by atoms with E-state index in [1.54, 1.807) is 6.07 Å². The van der Waals surface area contributed by atoms with Gasteiger partial charge in [0.05, 0.1) is 12.2 Å². The Hall–Kier alpha value is -2.73. The van der Waals surface area contributed by atoms with E-state index in [-0.39, 0.29) is 5.91 Å². The summed E-state index contributed by atoms with van der Waals surface area (Å²) < 4.78 is 0. The number of carbonyl (C=O) groups is 1. The van der Waals surface area contributed by atoms with Crippen LogP contribution in [0.1, 0.15) is 19.3 Å². The van der Waals surface area contributed by atoms with E-state index in [1.807, 2.05) is 30.3 Å².